The molecule has 1 atom stereocenters. The lowest BCUT2D eigenvalue weighted by Crippen LogP contribution is -2.76. The molecule has 194 valence electrons. The van der Waals surface area contributed by atoms with Crippen LogP contribution in [0.5, 0.6) is 0 Å². The number of hydrogen-bond acceptors (Lipinski definition) is 0. The van der Waals surface area contributed by atoms with E-state index in [2.05, 4.69) is 0 Å². The molecular weight excluding hydrogens is 599 g/mol. The van der Waals surface area contributed by atoms with Crippen LogP contribution in [0.25, 0.3) is 0 Å². The van der Waals surface area contributed by atoms with E-state index < -0.39 is 58.4 Å². The van der Waals surface area contributed by atoms with Crippen molar-refractivity contribution in [2.45, 2.75) is 58.4 Å². The van der Waals surface area contributed by atoms with Gasteiger partial charge in [-0.1, -0.05) is 0 Å². The van der Waals surface area contributed by atoms with Crippen molar-refractivity contribution in [1.29, 1.82) is 0 Å². The minimum absolute atomic E-state index is 0.0626. The van der Waals surface area contributed by atoms with E-state index in [-0.39, 0.29) is 15.9 Å². The Balaban J connectivity index is 7.00. The Labute approximate surface area is 167 Å². The molecule has 22 heteroatoms. The summed E-state index contributed by atoms with van der Waals surface area (Å²) in [5.41, 5.74) is 0. The van der Waals surface area contributed by atoms with Gasteiger partial charge in [-0.15, -0.1) is 0 Å². The van der Waals surface area contributed by atoms with Crippen molar-refractivity contribution in [3.8, 4) is 0 Å². The van der Waals surface area contributed by atoms with Gasteiger partial charge >= 0.3 is 58.4 Å². The number of hydrogen-bond donors (Lipinski definition) is 0. The second-order valence-corrected chi connectivity index (χ2v) is 6.68. The topological polar surface area (TPSA) is 0 Å². The average molecular weight is 599 g/mol. The van der Waals surface area contributed by atoms with Crippen LogP contribution in [0.1, 0.15) is 0 Å². The van der Waals surface area contributed by atoms with E-state index in [0.717, 1.165) is 0 Å². The Bertz CT molecular complexity index is 632. The minimum atomic E-state index is -9.10. The Morgan fingerprint density at radius 1 is 0.250 bits per heavy atom. The molecule has 0 bridgehead atoms. The first-order chi connectivity index (χ1) is 13.2. The van der Waals surface area contributed by atoms with Gasteiger partial charge in [0.15, 0.2) is 0 Å². The highest BCUT2D eigenvalue weighted by Crippen LogP contribution is 2.66. The van der Waals surface area contributed by atoms with Crippen molar-refractivity contribution in [3.05, 3.63) is 0 Å². The normalized spacial score (nSPS) is 18.6. The van der Waals surface area contributed by atoms with E-state index in [9.17, 15) is 92.2 Å². The van der Waals surface area contributed by atoms with Crippen LogP contribution >= 0.6 is 15.9 Å². The Hall–Kier alpha value is -0.990. The van der Waals surface area contributed by atoms with E-state index in [4.69, 9.17) is 0 Å². The zero-order chi connectivity index (χ0) is 27.0. The standard InChI is InChI=1S/C10BrF21/c11-1(12,9(27,28)29)2(13,14)3(15,16)4(17,18)5(19,20)6(21,22)7(23,24)8(25,26)10(30,31)32. The highest BCUT2D eigenvalue weighted by atomic mass is 79.9. The minimum Gasteiger partial charge on any atom is -0.214 e. The van der Waals surface area contributed by atoms with E-state index >= 15 is 0 Å². The summed E-state index contributed by atoms with van der Waals surface area (Å²) in [4.78, 5) is 0. The molecule has 0 nitrogen and oxygen atoms in total. The maximum Gasteiger partial charge on any atom is 0.460 e. The van der Waals surface area contributed by atoms with Crippen molar-refractivity contribution in [2.24, 2.45) is 0 Å². The molecule has 0 radical (unpaired) electrons. The highest BCUT2D eigenvalue weighted by Gasteiger charge is 2.97. The highest BCUT2D eigenvalue weighted by molar-refractivity contribution is 9.10. The lowest BCUT2D eigenvalue weighted by molar-refractivity contribution is -0.467. The van der Waals surface area contributed by atoms with Crippen LogP contribution in [0, 0.1) is 0 Å². The van der Waals surface area contributed by atoms with Crippen LogP contribution < -0.4 is 0 Å². The molecule has 0 amide bonds. The lowest BCUT2D eigenvalue weighted by Gasteiger charge is -2.44. The fourth-order valence-corrected chi connectivity index (χ4v) is 1.79. The first-order valence-corrected chi connectivity index (χ1v) is 7.20. The van der Waals surface area contributed by atoms with Crippen LogP contribution in [0.2, 0.25) is 0 Å². The van der Waals surface area contributed by atoms with E-state index in [1.165, 1.54) is 0 Å². The molecule has 0 saturated carbocycles. The first kappa shape index (κ1) is 31.0. The van der Waals surface area contributed by atoms with Crippen molar-refractivity contribution < 1.29 is 92.2 Å². The predicted octanol–water partition coefficient (Wildman–Crippen LogP) is 7.62. The van der Waals surface area contributed by atoms with Gasteiger partial charge in [0.1, 0.15) is 0 Å². The first-order valence-electron chi connectivity index (χ1n) is 6.41. The second-order valence-electron chi connectivity index (χ2n) is 5.59. The summed E-state index contributed by atoms with van der Waals surface area (Å²) < 4.78 is 260. The van der Waals surface area contributed by atoms with Crippen molar-refractivity contribution >= 4 is 15.9 Å². The summed E-state index contributed by atoms with van der Waals surface area (Å²) in [5, 5.41) is 0. The molecule has 0 aliphatic carbocycles. The number of rotatable bonds is 7. The van der Waals surface area contributed by atoms with Crippen molar-refractivity contribution in [2.75, 3.05) is 0 Å². The summed E-state index contributed by atoms with van der Waals surface area (Å²) in [6.07, 6.45) is -15.4. The fourth-order valence-electron chi connectivity index (χ4n) is 1.54. The third-order valence-corrected chi connectivity index (χ3v) is 4.42. The average Bonchev–Trinajstić information content (AvgIpc) is 2.51. The van der Waals surface area contributed by atoms with Crippen LogP contribution in [0.15, 0.2) is 0 Å². The third-order valence-electron chi connectivity index (χ3n) is 3.47. The van der Waals surface area contributed by atoms with Crippen LogP contribution in [-0.4, -0.2) is 58.4 Å². The molecule has 0 aromatic heterocycles. The number of alkyl halides is 22. The van der Waals surface area contributed by atoms with Gasteiger partial charge in [-0.05, 0) is 15.9 Å². The van der Waals surface area contributed by atoms with Gasteiger partial charge in [0.05, 0.1) is 0 Å². The quantitative estimate of drug-likeness (QED) is 0.209. The van der Waals surface area contributed by atoms with Gasteiger partial charge in [-0.2, -0.15) is 87.8 Å². The molecule has 32 heavy (non-hydrogen) atoms. The Morgan fingerprint density at radius 3 is 0.625 bits per heavy atom. The Morgan fingerprint density at radius 2 is 0.438 bits per heavy atom. The van der Waals surface area contributed by atoms with E-state index in [1.54, 1.807) is 0 Å². The molecule has 0 N–H and O–H groups in total. The van der Waals surface area contributed by atoms with Crippen molar-refractivity contribution in [3.63, 3.8) is 0 Å². The van der Waals surface area contributed by atoms with Gasteiger partial charge in [0.2, 0.25) is 0 Å². The molecule has 0 aromatic carbocycles. The third kappa shape index (κ3) is 3.56. The largest absolute Gasteiger partial charge is 0.460 e. The SMILES string of the molecule is FC(F)(F)C(F)(F)C(F)(F)C(F)(F)C(F)(F)C(F)(F)C(F)(F)C(F)(F)C(F)(Br)C(F)(F)F. The summed E-state index contributed by atoms with van der Waals surface area (Å²) in [5.74, 6) is -61.5. The summed E-state index contributed by atoms with van der Waals surface area (Å²) in [6.45, 7) is 0. The van der Waals surface area contributed by atoms with E-state index in [0.29, 0.717) is 0 Å². The van der Waals surface area contributed by atoms with Crippen LogP contribution in [-0.2, 0) is 0 Å². The molecule has 0 saturated heterocycles. The van der Waals surface area contributed by atoms with Crippen molar-refractivity contribution in [1.82, 2.24) is 0 Å². The summed E-state index contributed by atoms with van der Waals surface area (Å²) >= 11 is 0.0626. The molecule has 0 spiro atoms. The van der Waals surface area contributed by atoms with Gasteiger partial charge in [0.25, 0.3) is 0 Å². The zero-order valence-electron chi connectivity index (χ0n) is 13.3. The van der Waals surface area contributed by atoms with Gasteiger partial charge in [-0.25, -0.2) is 4.39 Å². The maximum atomic E-state index is 13.2. The smallest absolute Gasteiger partial charge is 0.214 e. The molecule has 0 aliphatic rings. The molecule has 0 heterocycles. The molecule has 1 unspecified atom stereocenters. The fraction of sp³-hybridized carbons (Fsp3) is 1.00. The molecule has 0 rings (SSSR count). The lowest BCUT2D eigenvalue weighted by atomic mass is 9.88. The monoisotopic (exact) mass is 598 g/mol. The molecule has 0 aliphatic heterocycles. The van der Waals surface area contributed by atoms with Crippen LogP contribution in [0.3, 0.4) is 0 Å². The summed E-state index contributed by atoms with van der Waals surface area (Å²) in [6, 6.07) is 0. The van der Waals surface area contributed by atoms with E-state index in [1.807, 2.05) is 0 Å². The molecule has 0 fully saturated rings. The zero-order valence-corrected chi connectivity index (χ0v) is 14.9. The van der Waals surface area contributed by atoms with Gasteiger partial charge < -0.3 is 0 Å². The molecule has 0 aromatic rings. The van der Waals surface area contributed by atoms with Gasteiger partial charge in [-0.3, -0.25) is 0 Å². The molecular formula is C10BrF21. The van der Waals surface area contributed by atoms with Gasteiger partial charge in [0, 0.05) is 0 Å². The van der Waals surface area contributed by atoms with Crippen LogP contribution in [0.4, 0.5) is 92.2 Å². The predicted molar refractivity (Wildman–Crippen MR) is 59.5 cm³/mol. The Kier molecular flexibility index (Phi) is 7.03. The number of halogens is 22. The summed E-state index contributed by atoms with van der Waals surface area (Å²) in [7, 11) is 0. The second kappa shape index (κ2) is 7.25. The maximum absolute atomic E-state index is 13.2.